The van der Waals surface area contributed by atoms with Gasteiger partial charge in [-0.25, -0.2) is 0 Å². The number of hydrogen-bond acceptors (Lipinski definition) is 16. The van der Waals surface area contributed by atoms with Gasteiger partial charge in [0.2, 0.25) is 29.5 Å². The van der Waals surface area contributed by atoms with E-state index in [1.54, 1.807) is 12.1 Å². The smallest absolute Gasteiger partial charge is 0.255 e. The van der Waals surface area contributed by atoms with Crippen molar-refractivity contribution < 1.29 is 52.6 Å². The summed E-state index contributed by atoms with van der Waals surface area (Å²) in [5.74, 6) is -6.22. The van der Waals surface area contributed by atoms with Crippen molar-refractivity contribution in [3.63, 3.8) is 0 Å². The van der Waals surface area contributed by atoms with Crippen LogP contribution in [0.3, 0.4) is 0 Å². The monoisotopic (exact) mass is 1210 g/mol. The van der Waals surface area contributed by atoms with Crippen LogP contribution in [0, 0.1) is 0 Å². The van der Waals surface area contributed by atoms with Crippen LogP contribution in [-0.2, 0) is 28.7 Å². The number of carbonyl (C=O) groups excluding carboxylic acids is 8. The summed E-state index contributed by atoms with van der Waals surface area (Å²) in [5, 5.41) is 19.0. The van der Waals surface area contributed by atoms with Crippen LogP contribution in [0.25, 0.3) is 0 Å². The molecular formula is C55H79N21O11. The number of hydrogen-bond donors (Lipinski definition) is 17. The Hall–Kier alpha value is -10.5. The summed E-state index contributed by atoms with van der Waals surface area (Å²) in [7, 11) is 4.03. The number of guanidine groups is 4. The molecule has 0 saturated carbocycles. The minimum Gasteiger partial charge on any atom is -0.496 e. The zero-order valence-electron chi connectivity index (χ0n) is 48.6. The number of ether oxygens (including phenoxy) is 3. The van der Waals surface area contributed by atoms with E-state index in [2.05, 4.69) is 57.2 Å². The van der Waals surface area contributed by atoms with Crippen LogP contribution in [0.4, 0.5) is 17.1 Å². The van der Waals surface area contributed by atoms with Gasteiger partial charge in [0.05, 0.1) is 37.5 Å². The van der Waals surface area contributed by atoms with E-state index in [1.165, 1.54) is 82.0 Å². The number of carbonyl (C=O) groups is 8. The summed E-state index contributed by atoms with van der Waals surface area (Å²) >= 11 is 0. The minimum absolute atomic E-state index is 0.0300. The van der Waals surface area contributed by atoms with Crippen molar-refractivity contribution in [1.82, 2.24) is 21.3 Å². The molecule has 0 aliphatic heterocycles. The van der Waals surface area contributed by atoms with Crippen molar-refractivity contribution in [2.45, 2.75) is 88.1 Å². The molecule has 4 rings (SSSR count). The number of nitrogens with two attached hydrogens (primary N) is 10. The molecule has 1 unspecified atom stereocenters. The fourth-order valence-electron chi connectivity index (χ4n) is 8.49. The number of allylic oxidation sites excluding steroid dienone is 1. The van der Waals surface area contributed by atoms with Crippen LogP contribution in [0.5, 0.6) is 11.5 Å². The number of anilines is 3. The average molecular weight is 1210 g/mol. The third-order valence-electron chi connectivity index (χ3n) is 12.9. The lowest BCUT2D eigenvalue weighted by atomic mass is 9.98. The van der Waals surface area contributed by atoms with E-state index in [-0.39, 0.29) is 158 Å². The number of nitrogens with one attached hydrogen (secondary N) is 7. The molecule has 0 bridgehead atoms. The molecule has 0 fully saturated rings. The third kappa shape index (κ3) is 23.2. The average Bonchev–Trinajstić information content (AvgIpc) is 1.75. The summed E-state index contributed by atoms with van der Waals surface area (Å²) in [6.07, 6.45) is 4.04. The van der Waals surface area contributed by atoms with E-state index in [0.29, 0.717) is 6.42 Å². The number of rotatable bonds is 34. The zero-order valence-corrected chi connectivity index (χ0v) is 48.6. The molecule has 0 saturated heterocycles. The standard InChI is InChI=1S/C55H79N21O11/c1-85-41-18-15-31(26-34(41)44(57)77)71-50(83)39(13-7-23-68-54(62)63)75-46(79)36-28-33(17-20-43(36)87-3)73-51(84)40(14-8-24-69-55(64)65)76-47(80)35-27-32(16-19-42(35)86-2)72-49(82)38(12-6-22-67-53(60)61)74-45(78)29-9-4-10-30(25-29)70-48(81)37(56)11-5-21-66-52(58)59/h4,9-10,15-17,19-20,25-28,37-41H,5-8,11-14,18,21-24,56H2,1-3H3,(H2,57,77)(H,70,81)(H,71,83)(H,72,82)(H,73,84)(H,74,78)(H,75,79)(H,76,80)(H4,58,59,66)(H4,60,61,67)(H4,62,63,68)(H4,64,65,69)/t37-,38-,39-,40-,41?/m1/s1. The third-order valence-corrected chi connectivity index (χ3v) is 12.9. The molecule has 3 aromatic carbocycles. The van der Waals surface area contributed by atoms with Gasteiger partial charge in [-0.05, 0) is 118 Å². The van der Waals surface area contributed by atoms with Crippen LogP contribution >= 0.6 is 0 Å². The summed E-state index contributed by atoms with van der Waals surface area (Å²) in [6.45, 7) is 0.575. The minimum atomic E-state index is -1.31. The Morgan fingerprint density at radius 1 is 0.506 bits per heavy atom. The number of nitrogens with zero attached hydrogens (tertiary/aromatic N) is 4. The molecule has 0 heterocycles. The fraction of sp³-hybridized carbons (Fsp3) is 0.382. The first-order valence-corrected chi connectivity index (χ1v) is 27.3. The molecule has 0 spiro atoms. The number of benzene rings is 3. The van der Waals surface area contributed by atoms with Gasteiger partial charge in [0, 0.05) is 67.2 Å². The first-order valence-electron chi connectivity index (χ1n) is 27.3. The summed E-state index contributed by atoms with van der Waals surface area (Å²) in [4.78, 5) is 125. The molecule has 1 aliphatic rings. The maximum absolute atomic E-state index is 14.3. The second kappa shape index (κ2) is 34.9. The topological polar surface area (TPSA) is 558 Å². The largest absolute Gasteiger partial charge is 0.496 e. The summed E-state index contributed by atoms with van der Waals surface area (Å²) < 4.78 is 16.4. The molecule has 32 heteroatoms. The van der Waals surface area contributed by atoms with E-state index < -0.39 is 77.5 Å². The van der Waals surface area contributed by atoms with Gasteiger partial charge < -0.3 is 109 Å². The molecule has 5 atom stereocenters. The first-order chi connectivity index (χ1) is 41.4. The Labute approximate surface area is 501 Å². The lowest BCUT2D eigenvalue weighted by Gasteiger charge is -2.23. The number of aliphatic imine (C=N–C) groups is 4. The van der Waals surface area contributed by atoms with E-state index in [1.807, 2.05) is 0 Å². The van der Waals surface area contributed by atoms with Gasteiger partial charge in [0.1, 0.15) is 29.6 Å². The van der Waals surface area contributed by atoms with Gasteiger partial charge >= 0.3 is 0 Å². The molecule has 1 aliphatic carbocycles. The van der Waals surface area contributed by atoms with Gasteiger partial charge in [-0.3, -0.25) is 58.3 Å². The predicted molar refractivity (Wildman–Crippen MR) is 329 cm³/mol. The molecule has 470 valence electrons. The van der Waals surface area contributed by atoms with Crippen molar-refractivity contribution in [3.8, 4) is 11.5 Å². The Morgan fingerprint density at radius 2 is 0.908 bits per heavy atom. The predicted octanol–water partition coefficient (Wildman–Crippen LogP) is -2.41. The quantitative estimate of drug-likeness (QED) is 0.0168. The highest BCUT2D eigenvalue weighted by Gasteiger charge is 2.29. The van der Waals surface area contributed by atoms with Gasteiger partial charge in [-0.1, -0.05) is 12.1 Å². The molecule has 8 amide bonds. The molecule has 32 nitrogen and oxygen atoms in total. The highest BCUT2D eigenvalue weighted by molar-refractivity contribution is 6.06. The van der Waals surface area contributed by atoms with E-state index in [0.717, 1.165) is 0 Å². The molecule has 3 aromatic rings. The molecule has 27 N–H and O–H groups in total. The van der Waals surface area contributed by atoms with Gasteiger partial charge in [0.15, 0.2) is 23.8 Å². The molecule has 0 radical (unpaired) electrons. The highest BCUT2D eigenvalue weighted by Crippen LogP contribution is 2.26. The second-order valence-corrected chi connectivity index (χ2v) is 19.4. The van der Waals surface area contributed by atoms with Crippen molar-refractivity contribution >= 4 is 88.2 Å². The lowest BCUT2D eigenvalue weighted by molar-refractivity contribution is -0.122. The first kappa shape index (κ1) is 69.0. The normalized spacial score (nSPS) is 13.8. The summed E-state index contributed by atoms with van der Waals surface area (Å²) in [6, 6.07) is 9.66. The maximum Gasteiger partial charge on any atom is 0.255 e. The van der Waals surface area contributed by atoms with Crippen LogP contribution < -0.4 is 104 Å². The van der Waals surface area contributed by atoms with Gasteiger partial charge in [0.25, 0.3) is 17.7 Å². The zero-order chi connectivity index (χ0) is 64.2. The van der Waals surface area contributed by atoms with E-state index in [9.17, 15) is 38.4 Å². The van der Waals surface area contributed by atoms with Crippen LogP contribution in [0.15, 0.2) is 104 Å². The Morgan fingerprint density at radius 3 is 1.32 bits per heavy atom. The Bertz CT molecular complexity index is 3130. The Balaban J connectivity index is 1.57. The SMILES string of the molecule is COc1ccc(NC(=O)[C@@H](CCCN=C(N)N)NC(=O)c2cc(NC(=O)[C@@H](CCCN=C(N)N)NC(=O)c3cccc(NC(=O)[C@H](N)CCCN=C(N)N)c3)ccc2OC)cc1C(=O)N[C@H](CCCN=C(N)N)C(=O)NC1=CCC(OC)C(C(N)=O)=C1. The number of methoxy groups -OCH3 is 3. The van der Waals surface area contributed by atoms with Gasteiger partial charge in [-0.15, -0.1) is 0 Å². The van der Waals surface area contributed by atoms with Crippen molar-refractivity contribution in [3.05, 3.63) is 101 Å². The molecular weight excluding hydrogens is 1130 g/mol. The van der Waals surface area contributed by atoms with Crippen molar-refractivity contribution in [2.24, 2.45) is 77.3 Å². The van der Waals surface area contributed by atoms with Gasteiger partial charge in [-0.2, -0.15) is 0 Å². The Kier molecular flexibility index (Phi) is 27.7. The second-order valence-electron chi connectivity index (χ2n) is 19.4. The highest BCUT2D eigenvalue weighted by atomic mass is 16.5. The van der Waals surface area contributed by atoms with Crippen molar-refractivity contribution in [2.75, 3.05) is 63.5 Å². The van der Waals surface area contributed by atoms with E-state index >= 15 is 0 Å². The maximum atomic E-state index is 14.3. The fourth-order valence-corrected chi connectivity index (χ4v) is 8.49. The lowest BCUT2D eigenvalue weighted by Crippen LogP contribution is -2.47. The number of amides is 8. The number of primary amides is 1. The molecule has 87 heavy (non-hydrogen) atoms. The van der Waals surface area contributed by atoms with Crippen LogP contribution in [0.1, 0.15) is 88.9 Å². The van der Waals surface area contributed by atoms with Crippen LogP contribution in [-0.4, -0.2) is 149 Å². The summed E-state index contributed by atoms with van der Waals surface area (Å²) in [5.41, 5.74) is 56.1. The molecule has 0 aromatic heterocycles. The van der Waals surface area contributed by atoms with E-state index in [4.69, 9.17) is 71.5 Å². The van der Waals surface area contributed by atoms with Crippen LogP contribution in [0.2, 0.25) is 0 Å². The van der Waals surface area contributed by atoms with Crippen molar-refractivity contribution in [1.29, 1.82) is 0 Å².